The van der Waals surface area contributed by atoms with Crippen molar-refractivity contribution >= 4 is 40.1 Å². The Morgan fingerprint density at radius 1 is 1.64 bits per heavy atom. The van der Waals surface area contributed by atoms with Gasteiger partial charge < -0.3 is 10.5 Å². The maximum atomic E-state index is 10.8. The molecule has 1 rings (SSSR count). The number of halogens is 2. The molecule has 0 radical (unpaired) electrons. The number of carbonyl (C=O) groups excluding carboxylic acids is 1. The van der Waals surface area contributed by atoms with Gasteiger partial charge in [-0.3, -0.25) is 4.79 Å². The Bertz CT molecular complexity index is 357. The highest BCUT2D eigenvalue weighted by Crippen LogP contribution is 2.25. The molecule has 0 fully saturated rings. The maximum absolute atomic E-state index is 10.8. The number of rotatable bonds is 3. The number of carbonyl (C=O) groups is 1. The van der Waals surface area contributed by atoms with Crippen molar-refractivity contribution in [1.29, 1.82) is 0 Å². The number of nitrogens with two attached hydrogens (primary N) is 1. The third kappa shape index (κ3) is 3.02. The monoisotopic (exact) mass is 325 g/mol. The molecule has 0 aromatic heterocycles. The minimum atomic E-state index is -0.635. The summed E-state index contributed by atoms with van der Waals surface area (Å²) < 4.78 is 6.17. The molecule has 1 unspecified atom stereocenters. The van der Waals surface area contributed by atoms with Gasteiger partial charge in [-0.2, -0.15) is 0 Å². The predicted molar refractivity (Wildman–Crippen MR) is 63.5 cm³/mol. The van der Waals surface area contributed by atoms with Crippen LogP contribution in [0.3, 0.4) is 0 Å². The van der Waals surface area contributed by atoms with Crippen LogP contribution in [0.15, 0.2) is 18.2 Å². The predicted octanol–water partition coefficient (Wildman–Crippen LogP) is 2.20. The molecule has 1 aromatic rings. The third-order valence-electron chi connectivity index (χ3n) is 1.60. The minimum Gasteiger partial charge on any atom is -0.480 e. The number of hydrogen-bond acceptors (Lipinski definition) is 2. The van der Waals surface area contributed by atoms with Gasteiger partial charge in [0.1, 0.15) is 5.75 Å². The van der Waals surface area contributed by atoms with Gasteiger partial charge in [0.15, 0.2) is 6.10 Å². The zero-order valence-electron chi connectivity index (χ0n) is 7.46. The molecule has 2 N–H and O–H groups in total. The lowest BCUT2D eigenvalue weighted by Gasteiger charge is -2.12. The van der Waals surface area contributed by atoms with E-state index < -0.39 is 12.0 Å². The Balaban J connectivity index is 2.82. The van der Waals surface area contributed by atoms with E-state index in [4.69, 9.17) is 22.1 Å². The van der Waals surface area contributed by atoms with E-state index in [1.54, 1.807) is 25.1 Å². The second kappa shape index (κ2) is 4.84. The van der Waals surface area contributed by atoms with Crippen LogP contribution in [0, 0.1) is 3.57 Å². The Labute approximate surface area is 101 Å². The summed E-state index contributed by atoms with van der Waals surface area (Å²) in [7, 11) is 0. The number of hydrogen-bond donors (Lipinski definition) is 1. The van der Waals surface area contributed by atoms with Crippen LogP contribution in [-0.4, -0.2) is 12.0 Å². The van der Waals surface area contributed by atoms with E-state index in [1.165, 1.54) is 0 Å². The van der Waals surface area contributed by atoms with Crippen LogP contribution in [0.2, 0.25) is 5.02 Å². The third-order valence-corrected chi connectivity index (χ3v) is 2.68. The average molecular weight is 326 g/mol. The van der Waals surface area contributed by atoms with Crippen LogP contribution in [-0.2, 0) is 4.79 Å². The minimum absolute atomic E-state index is 0.490. The van der Waals surface area contributed by atoms with Gasteiger partial charge >= 0.3 is 0 Å². The van der Waals surface area contributed by atoms with Gasteiger partial charge in [0.25, 0.3) is 5.91 Å². The highest BCUT2D eigenvalue weighted by Gasteiger charge is 2.11. The van der Waals surface area contributed by atoms with E-state index >= 15 is 0 Å². The molecule has 0 saturated carbocycles. The fourth-order valence-electron chi connectivity index (χ4n) is 0.819. The summed E-state index contributed by atoms with van der Waals surface area (Å²) in [5.41, 5.74) is 5.07. The lowest BCUT2D eigenvalue weighted by Crippen LogP contribution is -2.30. The van der Waals surface area contributed by atoms with Gasteiger partial charge in [0.05, 0.1) is 3.57 Å². The van der Waals surface area contributed by atoms with Gasteiger partial charge in [0, 0.05) is 5.02 Å². The molecular formula is C9H9ClINO2. The number of ether oxygens (including phenoxy) is 1. The Morgan fingerprint density at radius 3 is 2.79 bits per heavy atom. The first-order valence-electron chi connectivity index (χ1n) is 3.91. The van der Waals surface area contributed by atoms with Crippen LogP contribution in [0.1, 0.15) is 6.92 Å². The summed E-state index contributed by atoms with van der Waals surface area (Å²) in [4.78, 5) is 10.8. The van der Waals surface area contributed by atoms with Gasteiger partial charge in [-0.05, 0) is 47.7 Å². The van der Waals surface area contributed by atoms with Crippen molar-refractivity contribution in [3.05, 3.63) is 26.8 Å². The van der Waals surface area contributed by atoms with Crippen LogP contribution < -0.4 is 10.5 Å². The Hall–Kier alpha value is -0.490. The van der Waals surface area contributed by atoms with Gasteiger partial charge in [-0.1, -0.05) is 11.6 Å². The highest BCUT2D eigenvalue weighted by atomic mass is 127. The normalized spacial score (nSPS) is 12.2. The molecule has 1 aromatic carbocycles. The molecule has 0 bridgehead atoms. The molecule has 3 nitrogen and oxygen atoms in total. The second-order valence-corrected chi connectivity index (χ2v) is 4.34. The second-order valence-electron chi connectivity index (χ2n) is 2.74. The highest BCUT2D eigenvalue weighted by molar-refractivity contribution is 14.1. The van der Waals surface area contributed by atoms with Crippen molar-refractivity contribution in [1.82, 2.24) is 0 Å². The standard InChI is InChI=1S/C9H9ClINO2/c1-5(9(12)13)14-8-3-2-6(10)4-7(8)11/h2-5H,1H3,(H2,12,13). The van der Waals surface area contributed by atoms with Gasteiger partial charge in [-0.25, -0.2) is 0 Å². The fourth-order valence-corrected chi connectivity index (χ4v) is 1.82. The number of benzene rings is 1. The van der Waals surface area contributed by atoms with Crippen molar-refractivity contribution < 1.29 is 9.53 Å². The largest absolute Gasteiger partial charge is 0.480 e. The first-order valence-corrected chi connectivity index (χ1v) is 5.37. The quantitative estimate of drug-likeness (QED) is 0.866. The molecule has 76 valence electrons. The summed E-state index contributed by atoms with van der Waals surface area (Å²) >= 11 is 7.85. The lowest BCUT2D eigenvalue weighted by atomic mass is 10.3. The Kier molecular flexibility index (Phi) is 4.00. The smallest absolute Gasteiger partial charge is 0.258 e. The van der Waals surface area contributed by atoms with Crippen molar-refractivity contribution in [2.75, 3.05) is 0 Å². The lowest BCUT2D eigenvalue weighted by molar-refractivity contribution is -0.124. The first kappa shape index (κ1) is 11.6. The summed E-state index contributed by atoms with van der Waals surface area (Å²) in [5, 5.41) is 0.633. The first-order chi connectivity index (χ1) is 6.50. The van der Waals surface area contributed by atoms with E-state index in [2.05, 4.69) is 22.6 Å². The van der Waals surface area contributed by atoms with Crippen LogP contribution in [0.5, 0.6) is 5.75 Å². The van der Waals surface area contributed by atoms with Gasteiger partial charge in [0.2, 0.25) is 0 Å². The van der Waals surface area contributed by atoms with E-state index in [0.717, 1.165) is 3.57 Å². The average Bonchev–Trinajstić information content (AvgIpc) is 2.09. The van der Waals surface area contributed by atoms with Crippen LogP contribution in [0.25, 0.3) is 0 Å². The summed E-state index contributed by atoms with van der Waals surface area (Å²) in [6.07, 6.45) is -0.635. The molecule has 5 heteroatoms. The molecule has 14 heavy (non-hydrogen) atoms. The van der Waals surface area contributed by atoms with E-state index in [9.17, 15) is 4.79 Å². The van der Waals surface area contributed by atoms with Crippen molar-refractivity contribution in [2.24, 2.45) is 5.73 Å². The molecule has 0 spiro atoms. The van der Waals surface area contributed by atoms with E-state index in [1.807, 2.05) is 0 Å². The van der Waals surface area contributed by atoms with E-state index in [-0.39, 0.29) is 0 Å². The zero-order valence-corrected chi connectivity index (χ0v) is 10.4. The van der Waals surface area contributed by atoms with Crippen molar-refractivity contribution in [2.45, 2.75) is 13.0 Å². The molecule has 1 atom stereocenters. The van der Waals surface area contributed by atoms with Crippen molar-refractivity contribution in [3.8, 4) is 5.75 Å². The molecule has 1 amide bonds. The molecular weight excluding hydrogens is 316 g/mol. The SMILES string of the molecule is CC(Oc1ccc(Cl)cc1I)C(N)=O. The van der Waals surface area contributed by atoms with Crippen LogP contribution in [0.4, 0.5) is 0 Å². The fraction of sp³-hybridized carbons (Fsp3) is 0.222. The summed E-state index contributed by atoms with van der Waals surface area (Å²) in [6.45, 7) is 1.60. The van der Waals surface area contributed by atoms with Gasteiger partial charge in [-0.15, -0.1) is 0 Å². The van der Waals surface area contributed by atoms with Crippen molar-refractivity contribution in [3.63, 3.8) is 0 Å². The topological polar surface area (TPSA) is 52.3 Å². The summed E-state index contributed by atoms with van der Waals surface area (Å²) in [5.74, 6) is 0.122. The summed E-state index contributed by atoms with van der Waals surface area (Å²) in [6, 6.07) is 5.17. The maximum Gasteiger partial charge on any atom is 0.258 e. The number of primary amides is 1. The van der Waals surface area contributed by atoms with E-state index in [0.29, 0.717) is 10.8 Å². The van der Waals surface area contributed by atoms with Crippen LogP contribution >= 0.6 is 34.2 Å². The number of amides is 1. The Morgan fingerprint density at radius 2 is 2.29 bits per heavy atom. The molecule has 0 heterocycles. The molecule has 0 aliphatic rings. The molecule has 0 aliphatic carbocycles. The molecule has 0 saturated heterocycles. The molecule has 0 aliphatic heterocycles. The zero-order chi connectivity index (χ0) is 10.7.